The number of benzene rings is 1. The summed E-state index contributed by atoms with van der Waals surface area (Å²) < 4.78 is 5.91. The van der Waals surface area contributed by atoms with Gasteiger partial charge in [0, 0.05) is 18.0 Å². The van der Waals surface area contributed by atoms with Crippen LogP contribution in [-0.4, -0.2) is 40.3 Å². The number of ketones is 1. The Morgan fingerprint density at radius 2 is 2.17 bits per heavy atom. The Morgan fingerprint density at radius 1 is 1.38 bits per heavy atom. The molecule has 5 rings (SSSR count). The Morgan fingerprint density at radius 3 is 2.92 bits per heavy atom. The van der Waals surface area contributed by atoms with Crippen LogP contribution >= 0.6 is 0 Å². The topological polar surface area (TPSA) is 78.8 Å². The van der Waals surface area contributed by atoms with Crippen molar-refractivity contribution in [2.75, 3.05) is 6.54 Å². The molecule has 0 aromatic heterocycles. The van der Waals surface area contributed by atoms with Gasteiger partial charge in [0.1, 0.15) is 0 Å². The molecular formula is C19H23NO4. The fourth-order valence-electron chi connectivity index (χ4n) is 5.17. The van der Waals surface area contributed by atoms with Crippen LogP contribution in [-0.2, 0) is 16.6 Å². The number of Topliss-reactive ketones (excluding diaryl/α,β-unsaturated/α-hetero) is 1. The number of phenolic OH excluding ortho intramolecular Hbond substituents is 1. The Balaban J connectivity index is 1.66. The molecule has 1 aromatic carbocycles. The Labute approximate surface area is 141 Å². The lowest BCUT2D eigenvalue weighted by atomic mass is 9.53. The molecule has 1 heterocycles. The highest BCUT2D eigenvalue weighted by Crippen LogP contribution is 2.60. The Bertz CT molecular complexity index is 743. The smallest absolute Gasteiger partial charge is 0.174 e. The third-order valence-electron chi connectivity index (χ3n) is 6.80. The maximum Gasteiger partial charge on any atom is 0.174 e. The molecular weight excluding hydrogens is 306 g/mol. The number of ether oxygens (including phenoxy) is 1. The van der Waals surface area contributed by atoms with Crippen LogP contribution in [0.5, 0.6) is 11.5 Å². The molecule has 0 bridgehead atoms. The zero-order chi connectivity index (χ0) is 16.7. The Hall–Kier alpha value is -1.59. The normalized spacial score (nSPS) is 39.5. The molecule has 2 fully saturated rings. The van der Waals surface area contributed by atoms with Crippen LogP contribution in [0.1, 0.15) is 43.7 Å². The number of phenols is 1. The minimum absolute atomic E-state index is 0.0200. The predicted octanol–water partition coefficient (Wildman–Crippen LogP) is 1.43. The molecule has 1 aliphatic heterocycles. The molecule has 0 amide bonds. The van der Waals surface area contributed by atoms with Crippen molar-refractivity contribution in [3.8, 4) is 11.5 Å². The molecule has 3 aliphatic carbocycles. The van der Waals surface area contributed by atoms with Crippen molar-refractivity contribution in [3.63, 3.8) is 0 Å². The van der Waals surface area contributed by atoms with Crippen molar-refractivity contribution in [3.05, 3.63) is 23.3 Å². The van der Waals surface area contributed by atoms with Gasteiger partial charge in [-0.3, -0.25) is 4.79 Å². The second-order valence-electron chi connectivity index (χ2n) is 8.15. The summed E-state index contributed by atoms with van der Waals surface area (Å²) >= 11 is 0. The lowest BCUT2D eigenvalue weighted by Crippen LogP contribution is -2.71. The van der Waals surface area contributed by atoms with Crippen molar-refractivity contribution in [2.24, 2.45) is 5.92 Å². The van der Waals surface area contributed by atoms with Gasteiger partial charge in [0.25, 0.3) is 0 Å². The minimum Gasteiger partial charge on any atom is -0.504 e. The molecule has 0 radical (unpaired) electrons. The number of nitrogens with one attached hydrogen (secondary N) is 1. The maximum atomic E-state index is 12.5. The van der Waals surface area contributed by atoms with Crippen molar-refractivity contribution in [1.82, 2.24) is 5.32 Å². The van der Waals surface area contributed by atoms with Crippen molar-refractivity contribution >= 4 is 5.78 Å². The van der Waals surface area contributed by atoms with E-state index in [2.05, 4.69) is 5.32 Å². The van der Waals surface area contributed by atoms with Gasteiger partial charge in [-0.1, -0.05) is 6.07 Å². The van der Waals surface area contributed by atoms with Crippen LogP contribution in [0.3, 0.4) is 0 Å². The molecule has 0 spiro atoms. The van der Waals surface area contributed by atoms with Crippen molar-refractivity contribution < 1.29 is 19.7 Å². The van der Waals surface area contributed by atoms with Crippen LogP contribution in [0.2, 0.25) is 0 Å². The van der Waals surface area contributed by atoms with Gasteiger partial charge in [-0.25, -0.2) is 0 Å². The lowest BCUT2D eigenvalue weighted by Gasteiger charge is -2.55. The standard InChI is InChI=1S/C19H23NO4/c1-18-15-11-4-5-12(21)16(15)24-17(18)13(22)6-7-19(18,23)14(8-11)20-9-10-2-3-10/h4-5,10,14,17,20-21,23H,2-3,6-9H2,1H3/t14-,17+,18+,19-/m0/s1. The van der Waals surface area contributed by atoms with E-state index in [1.54, 1.807) is 6.07 Å². The number of aromatic hydroxyl groups is 1. The monoisotopic (exact) mass is 329 g/mol. The summed E-state index contributed by atoms with van der Waals surface area (Å²) in [5, 5.41) is 25.5. The molecule has 24 heavy (non-hydrogen) atoms. The van der Waals surface area contributed by atoms with E-state index < -0.39 is 17.1 Å². The van der Waals surface area contributed by atoms with Crippen LogP contribution in [0.25, 0.3) is 0 Å². The molecule has 5 heteroatoms. The third-order valence-corrected chi connectivity index (χ3v) is 6.80. The fraction of sp³-hybridized carbons (Fsp3) is 0.632. The highest BCUT2D eigenvalue weighted by Gasteiger charge is 2.68. The van der Waals surface area contributed by atoms with Crippen LogP contribution in [0.4, 0.5) is 0 Å². The second-order valence-corrected chi connectivity index (χ2v) is 8.15. The van der Waals surface area contributed by atoms with E-state index >= 15 is 0 Å². The molecule has 1 aromatic rings. The third kappa shape index (κ3) is 1.64. The summed E-state index contributed by atoms with van der Waals surface area (Å²) in [5.41, 5.74) is 0.0746. The fourth-order valence-corrected chi connectivity index (χ4v) is 5.17. The molecule has 5 nitrogen and oxygen atoms in total. The first-order valence-electron chi connectivity index (χ1n) is 8.95. The largest absolute Gasteiger partial charge is 0.504 e. The van der Waals surface area contributed by atoms with E-state index in [1.807, 2.05) is 13.0 Å². The van der Waals surface area contributed by atoms with Crippen LogP contribution in [0.15, 0.2) is 12.1 Å². The average molecular weight is 329 g/mol. The van der Waals surface area contributed by atoms with Gasteiger partial charge < -0.3 is 20.3 Å². The zero-order valence-electron chi connectivity index (χ0n) is 13.8. The quantitative estimate of drug-likeness (QED) is 0.782. The molecule has 3 N–H and O–H groups in total. The molecule has 0 unspecified atom stereocenters. The van der Waals surface area contributed by atoms with E-state index in [1.165, 1.54) is 12.8 Å². The maximum absolute atomic E-state index is 12.5. The van der Waals surface area contributed by atoms with Gasteiger partial charge in [0.15, 0.2) is 23.4 Å². The second kappa shape index (κ2) is 4.52. The summed E-state index contributed by atoms with van der Waals surface area (Å²) in [6.07, 6.45) is 3.28. The summed E-state index contributed by atoms with van der Waals surface area (Å²) in [7, 11) is 0. The van der Waals surface area contributed by atoms with E-state index in [0.717, 1.165) is 23.6 Å². The number of hydrogen-bond donors (Lipinski definition) is 3. The molecule has 0 saturated heterocycles. The van der Waals surface area contributed by atoms with Crippen LogP contribution in [0, 0.1) is 5.92 Å². The number of carbonyl (C=O) groups is 1. The first-order chi connectivity index (χ1) is 11.4. The molecule has 4 aliphatic rings. The highest BCUT2D eigenvalue weighted by atomic mass is 16.5. The highest BCUT2D eigenvalue weighted by molar-refractivity contribution is 5.89. The Kier molecular flexibility index (Phi) is 2.78. The zero-order valence-corrected chi connectivity index (χ0v) is 13.8. The van der Waals surface area contributed by atoms with Gasteiger partial charge in [-0.2, -0.15) is 0 Å². The van der Waals surface area contributed by atoms with E-state index in [9.17, 15) is 15.0 Å². The average Bonchev–Trinajstić information content (AvgIpc) is 3.31. The SMILES string of the molecule is C[C@@]12c3c4ccc(O)c3O[C@@H]1C(=O)CC[C@]2(O)[C@@H](NCC1CC1)C4. The predicted molar refractivity (Wildman–Crippen MR) is 87.3 cm³/mol. The first kappa shape index (κ1) is 14.7. The summed E-state index contributed by atoms with van der Waals surface area (Å²) in [5.74, 6) is 1.20. The van der Waals surface area contributed by atoms with Crippen LogP contribution < -0.4 is 10.1 Å². The number of aliphatic hydroxyl groups is 1. The van der Waals surface area contributed by atoms with Gasteiger partial charge in [0.2, 0.25) is 0 Å². The van der Waals surface area contributed by atoms with Gasteiger partial charge in [-0.15, -0.1) is 0 Å². The summed E-state index contributed by atoms with van der Waals surface area (Å²) in [4.78, 5) is 12.5. The van der Waals surface area contributed by atoms with E-state index in [-0.39, 0.29) is 17.6 Å². The number of carbonyl (C=O) groups excluding carboxylic acids is 1. The molecule has 2 saturated carbocycles. The summed E-state index contributed by atoms with van der Waals surface area (Å²) in [6, 6.07) is 3.46. The van der Waals surface area contributed by atoms with Crippen molar-refractivity contribution in [1.29, 1.82) is 0 Å². The van der Waals surface area contributed by atoms with E-state index in [4.69, 9.17) is 4.74 Å². The first-order valence-corrected chi connectivity index (χ1v) is 8.95. The number of hydrogen-bond acceptors (Lipinski definition) is 5. The van der Waals surface area contributed by atoms with Gasteiger partial charge in [0.05, 0.1) is 11.0 Å². The van der Waals surface area contributed by atoms with Gasteiger partial charge >= 0.3 is 0 Å². The van der Waals surface area contributed by atoms with E-state index in [0.29, 0.717) is 25.0 Å². The minimum atomic E-state index is -1.04. The molecule has 128 valence electrons. The number of rotatable bonds is 3. The van der Waals surface area contributed by atoms with Gasteiger partial charge in [-0.05, 0) is 56.7 Å². The summed E-state index contributed by atoms with van der Waals surface area (Å²) in [6.45, 7) is 2.86. The lowest BCUT2D eigenvalue weighted by molar-refractivity contribution is -0.155. The molecule has 4 atom stereocenters. The van der Waals surface area contributed by atoms with Crippen molar-refractivity contribution in [2.45, 2.75) is 62.2 Å².